The smallest absolute Gasteiger partial charge is 0.303 e. The molecule has 178 valence electrons. The highest BCUT2D eigenvalue weighted by atomic mass is 16.4. The molecule has 32 heavy (non-hydrogen) atoms. The van der Waals surface area contributed by atoms with Crippen LogP contribution in [0.3, 0.4) is 0 Å². The van der Waals surface area contributed by atoms with Crippen LogP contribution in [-0.4, -0.2) is 75.1 Å². The molecule has 0 bridgehead atoms. The molecule has 0 aliphatic heterocycles. The summed E-state index contributed by atoms with van der Waals surface area (Å²) in [6.45, 7) is 2.68. The van der Waals surface area contributed by atoms with Gasteiger partial charge in [0.15, 0.2) is 0 Å². The van der Waals surface area contributed by atoms with Crippen molar-refractivity contribution in [1.82, 2.24) is 20.9 Å². The zero-order valence-corrected chi connectivity index (χ0v) is 17.8. The van der Waals surface area contributed by atoms with Gasteiger partial charge in [0.2, 0.25) is 30.0 Å². The molecule has 0 spiro atoms. The first-order chi connectivity index (χ1) is 14.9. The molecule has 0 radical (unpaired) electrons. The fraction of sp³-hybridized carbons (Fsp3) is 0.556. The molecule has 1 aromatic rings. The molecule has 1 heterocycles. The number of primary amides is 1. The summed E-state index contributed by atoms with van der Waals surface area (Å²) in [4.78, 5) is 65.2. The summed E-state index contributed by atoms with van der Waals surface area (Å²) in [5, 5.41) is 25.3. The molecular weight excluding hydrogens is 426 g/mol. The van der Waals surface area contributed by atoms with Crippen LogP contribution in [0, 0.1) is 0 Å². The number of carbonyl (C=O) groups is 5. The van der Waals surface area contributed by atoms with Crippen LogP contribution < -0.4 is 32.4 Å². The fourth-order valence-electron chi connectivity index (χ4n) is 2.58. The number of aliphatic hydroxyl groups is 1. The van der Waals surface area contributed by atoms with Crippen LogP contribution in [0.2, 0.25) is 0 Å². The molecule has 4 amide bonds. The number of H-pyrrole nitrogens is 2. The maximum absolute atomic E-state index is 12.8. The van der Waals surface area contributed by atoms with E-state index in [1.54, 1.807) is 6.20 Å². The van der Waals surface area contributed by atoms with Gasteiger partial charge in [0.25, 0.3) is 0 Å². The highest BCUT2D eigenvalue weighted by Crippen LogP contribution is 2.03. The van der Waals surface area contributed by atoms with Gasteiger partial charge < -0.3 is 37.6 Å². The van der Waals surface area contributed by atoms with E-state index in [2.05, 4.69) is 25.9 Å². The van der Waals surface area contributed by atoms with Gasteiger partial charge in [-0.05, 0) is 20.3 Å². The third-order valence-electron chi connectivity index (χ3n) is 4.54. The summed E-state index contributed by atoms with van der Waals surface area (Å²) in [7, 11) is 0. The van der Waals surface area contributed by atoms with Crippen molar-refractivity contribution in [3.8, 4) is 0 Å². The highest BCUT2D eigenvalue weighted by molar-refractivity contribution is 5.94. The van der Waals surface area contributed by atoms with Crippen LogP contribution in [0.1, 0.15) is 32.4 Å². The standard InChI is InChI=1S/C18H29N7O7/c1-8(23-18(32)14(19)9(2)26)16(30)25-12(5-10-6-21-7-22-10)17(31)24-11(15(20)29)3-4-13(27)28/h6-9,11-12,14,26H,3-5,19H2,1-2H3,(H2,20,29)(H,21,22)(H,23,32)(H,24,31)(H,25,30)(H,27,28)/p+1/t8-,9+,11-,12-,14-/m0/s1. The second-order valence-electron chi connectivity index (χ2n) is 7.28. The van der Waals surface area contributed by atoms with Crippen molar-refractivity contribution >= 4 is 29.6 Å². The van der Waals surface area contributed by atoms with Crippen molar-refractivity contribution in [1.29, 1.82) is 0 Å². The van der Waals surface area contributed by atoms with Crippen LogP contribution in [0.25, 0.3) is 0 Å². The van der Waals surface area contributed by atoms with E-state index in [1.807, 2.05) is 0 Å². The van der Waals surface area contributed by atoms with Gasteiger partial charge in [-0.25, -0.2) is 4.98 Å². The van der Waals surface area contributed by atoms with E-state index in [9.17, 15) is 29.1 Å². The number of nitrogens with two attached hydrogens (primary N) is 2. The molecule has 0 saturated carbocycles. The summed E-state index contributed by atoms with van der Waals surface area (Å²) < 4.78 is 0. The number of aliphatic hydroxyl groups excluding tert-OH is 1. The van der Waals surface area contributed by atoms with Crippen LogP contribution >= 0.6 is 0 Å². The maximum Gasteiger partial charge on any atom is 0.303 e. The Morgan fingerprint density at radius 3 is 2.19 bits per heavy atom. The zero-order valence-electron chi connectivity index (χ0n) is 17.8. The van der Waals surface area contributed by atoms with E-state index in [-0.39, 0.29) is 12.8 Å². The van der Waals surface area contributed by atoms with Crippen molar-refractivity contribution in [2.24, 2.45) is 11.5 Å². The van der Waals surface area contributed by atoms with Crippen LogP contribution in [0.4, 0.5) is 0 Å². The Kier molecular flexibility index (Phi) is 10.2. The Morgan fingerprint density at radius 1 is 1.06 bits per heavy atom. The Hall–Kier alpha value is -3.52. The van der Waals surface area contributed by atoms with Gasteiger partial charge in [-0.15, -0.1) is 0 Å². The van der Waals surface area contributed by atoms with Crippen molar-refractivity contribution in [2.45, 2.75) is 63.4 Å². The van der Waals surface area contributed by atoms with Crippen molar-refractivity contribution in [2.75, 3.05) is 0 Å². The number of carboxylic acids is 1. The summed E-state index contributed by atoms with van der Waals surface area (Å²) in [6.07, 6.45) is 1.27. The van der Waals surface area contributed by atoms with Crippen LogP contribution in [0.15, 0.2) is 12.5 Å². The molecule has 14 nitrogen and oxygen atoms in total. The molecule has 0 aliphatic carbocycles. The average Bonchev–Trinajstić information content (AvgIpc) is 3.22. The molecule has 1 aromatic heterocycles. The first-order valence-electron chi connectivity index (χ1n) is 9.81. The average molecular weight is 456 g/mol. The maximum atomic E-state index is 12.8. The van der Waals surface area contributed by atoms with Gasteiger partial charge >= 0.3 is 5.97 Å². The number of aliphatic carboxylic acids is 1. The third kappa shape index (κ3) is 8.69. The molecule has 0 unspecified atom stereocenters. The lowest BCUT2D eigenvalue weighted by atomic mass is 10.1. The number of imidazole rings is 1. The predicted octanol–water partition coefficient (Wildman–Crippen LogP) is -4.10. The normalized spacial score (nSPS) is 15.5. The molecule has 5 atom stereocenters. The lowest BCUT2D eigenvalue weighted by Gasteiger charge is -2.23. The summed E-state index contributed by atoms with van der Waals surface area (Å²) in [5.74, 6) is -4.36. The van der Waals surface area contributed by atoms with Gasteiger partial charge in [-0.1, -0.05) is 0 Å². The lowest BCUT2D eigenvalue weighted by Crippen LogP contribution is -2.58. The zero-order chi connectivity index (χ0) is 24.4. The van der Waals surface area contributed by atoms with Crippen LogP contribution in [0.5, 0.6) is 0 Å². The van der Waals surface area contributed by atoms with Gasteiger partial charge in [0.05, 0.1) is 6.10 Å². The van der Waals surface area contributed by atoms with Crippen LogP contribution in [-0.2, 0) is 30.4 Å². The second kappa shape index (κ2) is 12.4. The number of rotatable bonds is 13. The number of hydrogen-bond donors (Lipinski definition) is 8. The van der Waals surface area contributed by atoms with Gasteiger partial charge in [0, 0.05) is 12.8 Å². The first kappa shape index (κ1) is 26.5. The van der Waals surface area contributed by atoms with Crippen molar-refractivity contribution in [3.05, 3.63) is 18.2 Å². The first-order valence-corrected chi connectivity index (χ1v) is 9.81. The molecule has 14 heteroatoms. The minimum atomic E-state index is -1.26. The molecule has 0 saturated heterocycles. The molecule has 11 N–H and O–H groups in total. The minimum absolute atomic E-state index is 0.0145. The van der Waals surface area contributed by atoms with E-state index in [4.69, 9.17) is 16.6 Å². The summed E-state index contributed by atoms with van der Waals surface area (Å²) >= 11 is 0. The number of nitrogens with one attached hydrogen (secondary N) is 5. The monoisotopic (exact) mass is 456 g/mol. The number of aromatic amines is 2. The van der Waals surface area contributed by atoms with E-state index < -0.39 is 66.3 Å². The number of carbonyl (C=O) groups excluding carboxylic acids is 4. The largest absolute Gasteiger partial charge is 0.481 e. The molecule has 1 rings (SSSR count). The van der Waals surface area contributed by atoms with Crippen molar-refractivity contribution < 1.29 is 39.2 Å². The molecule has 0 fully saturated rings. The Balaban J connectivity index is 2.89. The number of carboxylic acid groups (broad SMARTS) is 1. The Bertz CT molecular complexity index is 813. The lowest BCUT2D eigenvalue weighted by molar-refractivity contribution is -0.376. The second-order valence-corrected chi connectivity index (χ2v) is 7.28. The molecule has 0 aliphatic rings. The van der Waals surface area contributed by atoms with E-state index in [1.165, 1.54) is 20.2 Å². The molecular formula is C18H30N7O7+. The number of aromatic nitrogens is 2. The van der Waals surface area contributed by atoms with Gasteiger partial charge in [-0.2, -0.15) is 0 Å². The number of amides is 4. The fourth-order valence-corrected chi connectivity index (χ4v) is 2.58. The Morgan fingerprint density at radius 2 is 1.69 bits per heavy atom. The van der Waals surface area contributed by atoms with E-state index in [0.717, 1.165) is 0 Å². The third-order valence-corrected chi connectivity index (χ3v) is 4.54. The SMILES string of the molecule is C[C@H](NC(=O)[C@@H](N)[C@@H](C)O)C(=O)N[C@@H](Cc1c[nH+]c[nH]1)C(=O)N[C@@H](CCC(=O)O)C(N)=O. The minimum Gasteiger partial charge on any atom is -0.481 e. The quantitative estimate of drug-likeness (QED) is 0.145. The van der Waals surface area contributed by atoms with E-state index in [0.29, 0.717) is 5.69 Å². The van der Waals surface area contributed by atoms with Gasteiger partial charge in [-0.3, -0.25) is 29.0 Å². The van der Waals surface area contributed by atoms with Crippen molar-refractivity contribution in [3.63, 3.8) is 0 Å². The Labute approximate surface area is 183 Å². The molecule has 0 aromatic carbocycles. The topological polar surface area (TPSA) is 244 Å². The summed E-state index contributed by atoms with van der Waals surface area (Å²) in [5.41, 5.74) is 11.3. The highest BCUT2D eigenvalue weighted by Gasteiger charge is 2.30. The van der Waals surface area contributed by atoms with Gasteiger partial charge in [0.1, 0.15) is 36.1 Å². The predicted molar refractivity (Wildman–Crippen MR) is 108 cm³/mol. The number of hydrogen-bond acceptors (Lipinski definition) is 7. The summed E-state index contributed by atoms with van der Waals surface area (Å²) in [6, 6.07) is -4.79. The van der Waals surface area contributed by atoms with E-state index >= 15 is 0 Å².